The first-order valence-electron chi connectivity index (χ1n) is 17.2. The molecule has 5 heteroatoms. The van der Waals surface area contributed by atoms with Crippen molar-refractivity contribution in [3.8, 4) is 0 Å². The summed E-state index contributed by atoms with van der Waals surface area (Å²) >= 11 is 0. The largest absolute Gasteiger partial charge is 0.429 e. The molecule has 0 aliphatic carbocycles. The fourth-order valence-corrected chi connectivity index (χ4v) is 74.1. The van der Waals surface area contributed by atoms with Crippen molar-refractivity contribution in [3.63, 3.8) is 0 Å². The van der Waals surface area contributed by atoms with Crippen LogP contribution in [0.3, 0.4) is 0 Å². The van der Waals surface area contributed by atoms with E-state index in [1.54, 1.807) is 20.7 Å². The van der Waals surface area contributed by atoms with Crippen molar-refractivity contribution in [3.05, 3.63) is 179 Å². The number of hydrogen-bond donors (Lipinski definition) is 0. The molecule has 0 aromatic heterocycles. The van der Waals surface area contributed by atoms with Crippen LogP contribution in [0.4, 0.5) is 0 Å². The third-order valence-electron chi connectivity index (χ3n) is 11.1. The van der Waals surface area contributed by atoms with Gasteiger partial charge in [0.1, 0.15) is 21.8 Å². The third-order valence-corrected chi connectivity index (χ3v) is 59.5. The molecule has 0 unspecified atom stereocenters. The number of benzene rings is 6. The first-order chi connectivity index (χ1) is 23.2. The van der Waals surface area contributed by atoms with Gasteiger partial charge in [-0.05, 0) is 41.5 Å². The van der Waals surface area contributed by atoms with Crippen LogP contribution in [0.2, 0.25) is 0 Å². The first-order valence-corrected chi connectivity index (χ1v) is 28.3. The van der Waals surface area contributed by atoms with Gasteiger partial charge in [-0.3, -0.25) is 0 Å². The predicted octanol–water partition coefficient (Wildman–Crippen LogP) is 4.93. The van der Waals surface area contributed by atoms with Gasteiger partial charge in [0.15, 0.2) is 9.28 Å². The molecule has 0 spiro atoms. The van der Waals surface area contributed by atoms with Gasteiger partial charge in [0, 0.05) is 6.23 Å². The summed E-state index contributed by atoms with van der Waals surface area (Å²) in [6.07, 6.45) is 0.825. The Morgan fingerprint density at radius 2 is 0.604 bits per heavy atom. The van der Waals surface area contributed by atoms with Crippen molar-refractivity contribution < 1.29 is 4.43 Å². The normalized spacial score (nSPS) is 16.9. The second-order valence-electron chi connectivity index (χ2n) is 14.2. The summed E-state index contributed by atoms with van der Waals surface area (Å²) in [7, 11) is -9.41. The molecule has 6 aromatic rings. The van der Waals surface area contributed by atoms with Crippen LogP contribution < -0.4 is 31.1 Å². The van der Waals surface area contributed by atoms with Crippen LogP contribution in [0, 0.1) is 41.5 Å². The SMILES string of the molecule is Cc1ccc([Si]2(c3ccc(C)cc3)CO[SiH2][Si](c3ccc(C)cc3)(c3ccc(C)cc3)[Si]2(c2ccc(C)cc2)c2ccc(C)cc2)cc1. The Morgan fingerprint density at radius 1 is 0.354 bits per heavy atom. The molecule has 6 aromatic carbocycles. The average Bonchev–Trinajstić information content (AvgIpc) is 3.10. The Bertz CT molecular complexity index is 1770. The predicted molar refractivity (Wildman–Crippen MR) is 217 cm³/mol. The Morgan fingerprint density at radius 3 is 0.896 bits per heavy atom. The highest BCUT2D eigenvalue weighted by molar-refractivity contribution is 7.93. The zero-order valence-corrected chi connectivity index (χ0v) is 33.6. The highest BCUT2D eigenvalue weighted by Crippen LogP contribution is 2.34. The maximum atomic E-state index is 7.48. The van der Waals surface area contributed by atoms with E-state index < -0.39 is 31.1 Å². The Labute approximate surface area is 292 Å². The molecule has 1 fully saturated rings. The van der Waals surface area contributed by atoms with Gasteiger partial charge in [0.05, 0.1) is 0 Å². The minimum atomic E-state index is -2.86. The molecular weight excluding hydrogens is 645 g/mol. The van der Waals surface area contributed by atoms with E-state index in [-0.39, 0.29) is 0 Å². The standard InChI is InChI=1S/C43H46OSi4/c1-32-7-19-38(20-8-32)46(39-21-9-33(2)10-22-39)31-44-45-47(40-23-11-34(3)12-24-40,41-25-13-35(4)14-26-41)48(46,42-27-15-36(5)16-28-42)43-29-17-37(6)18-30-43/h7-30H,31,45H2,1-6H3. The molecule has 240 valence electrons. The highest BCUT2D eigenvalue weighted by Gasteiger charge is 2.73. The lowest BCUT2D eigenvalue weighted by Gasteiger charge is -2.61. The van der Waals surface area contributed by atoms with Crippen molar-refractivity contribution >= 4 is 62.2 Å². The van der Waals surface area contributed by atoms with E-state index in [1.165, 1.54) is 43.8 Å². The molecule has 7 rings (SSSR count). The molecule has 48 heavy (non-hydrogen) atoms. The highest BCUT2D eigenvalue weighted by atomic mass is 29.8. The Kier molecular flexibility index (Phi) is 8.77. The third kappa shape index (κ3) is 5.11. The summed E-state index contributed by atoms with van der Waals surface area (Å²) in [5.41, 5.74) is 7.85. The van der Waals surface area contributed by atoms with Crippen LogP contribution in [0.15, 0.2) is 146 Å². The van der Waals surface area contributed by atoms with Crippen LogP contribution in [0.1, 0.15) is 33.4 Å². The van der Waals surface area contributed by atoms with Gasteiger partial charge in [-0.1, -0.05) is 210 Å². The van der Waals surface area contributed by atoms with Crippen LogP contribution >= 0.6 is 0 Å². The van der Waals surface area contributed by atoms with E-state index in [4.69, 9.17) is 4.43 Å². The van der Waals surface area contributed by atoms with Gasteiger partial charge >= 0.3 is 0 Å². The molecule has 0 radical (unpaired) electrons. The van der Waals surface area contributed by atoms with Gasteiger partial charge < -0.3 is 4.43 Å². The monoisotopic (exact) mass is 690 g/mol. The summed E-state index contributed by atoms with van der Waals surface area (Å²) in [6, 6.07) is 58.7. The molecule has 0 atom stereocenters. The van der Waals surface area contributed by atoms with E-state index in [0.717, 1.165) is 6.23 Å². The molecular formula is C43H46OSi4. The molecule has 1 nitrogen and oxygen atoms in total. The van der Waals surface area contributed by atoms with E-state index in [0.29, 0.717) is 0 Å². The summed E-state index contributed by atoms with van der Waals surface area (Å²) in [4.78, 5) is 0. The number of rotatable bonds is 6. The smallest absolute Gasteiger partial charge is 0.158 e. The first kappa shape index (κ1) is 32.7. The lowest BCUT2D eigenvalue weighted by molar-refractivity contribution is 0.415. The molecule has 0 N–H and O–H groups in total. The molecule has 1 saturated heterocycles. The summed E-state index contributed by atoms with van der Waals surface area (Å²) in [6.45, 7) is 13.4. The number of hydrogen-bond acceptors (Lipinski definition) is 1. The van der Waals surface area contributed by atoms with Crippen LogP contribution in [-0.4, -0.2) is 37.3 Å². The molecule has 1 aliphatic heterocycles. The van der Waals surface area contributed by atoms with E-state index >= 15 is 0 Å². The molecule has 0 saturated carbocycles. The van der Waals surface area contributed by atoms with Crippen molar-refractivity contribution in [1.29, 1.82) is 0 Å². The van der Waals surface area contributed by atoms with E-state index in [1.807, 2.05) is 0 Å². The summed E-state index contributed by atoms with van der Waals surface area (Å²) < 4.78 is 7.48. The van der Waals surface area contributed by atoms with E-state index in [2.05, 4.69) is 187 Å². The van der Waals surface area contributed by atoms with Crippen molar-refractivity contribution in [2.24, 2.45) is 0 Å². The zero-order chi connectivity index (χ0) is 33.5. The van der Waals surface area contributed by atoms with Crippen molar-refractivity contribution in [2.75, 3.05) is 6.23 Å². The second-order valence-corrected chi connectivity index (χ2v) is 41.1. The minimum absolute atomic E-state index is 0.825. The van der Waals surface area contributed by atoms with Gasteiger partial charge in [0.2, 0.25) is 0 Å². The lowest BCUT2D eigenvalue weighted by Crippen LogP contribution is -3.04. The lowest BCUT2D eigenvalue weighted by atomic mass is 10.2. The van der Waals surface area contributed by atoms with Crippen LogP contribution in [0.25, 0.3) is 0 Å². The fourth-order valence-electron chi connectivity index (χ4n) is 8.58. The Hall–Kier alpha value is -3.85. The number of aryl methyl sites for hydroxylation is 6. The van der Waals surface area contributed by atoms with Crippen molar-refractivity contribution in [1.82, 2.24) is 0 Å². The van der Waals surface area contributed by atoms with Gasteiger partial charge in [-0.15, -0.1) is 0 Å². The van der Waals surface area contributed by atoms with Crippen molar-refractivity contribution in [2.45, 2.75) is 41.5 Å². The molecule has 0 bridgehead atoms. The van der Waals surface area contributed by atoms with Gasteiger partial charge in [0.25, 0.3) is 0 Å². The Balaban J connectivity index is 1.79. The topological polar surface area (TPSA) is 9.23 Å². The van der Waals surface area contributed by atoms with E-state index in [9.17, 15) is 0 Å². The quantitative estimate of drug-likeness (QED) is 0.226. The van der Waals surface area contributed by atoms with Crippen LogP contribution in [0.5, 0.6) is 0 Å². The van der Waals surface area contributed by atoms with Crippen LogP contribution in [-0.2, 0) is 4.43 Å². The molecule has 0 amide bonds. The average molecular weight is 691 g/mol. The fraction of sp³-hybridized carbons (Fsp3) is 0.163. The second kappa shape index (κ2) is 12.9. The van der Waals surface area contributed by atoms with Gasteiger partial charge in [-0.2, -0.15) is 0 Å². The maximum Gasteiger partial charge on any atom is 0.158 e. The zero-order valence-electron chi connectivity index (χ0n) is 29.2. The maximum absolute atomic E-state index is 7.48. The summed E-state index contributed by atoms with van der Waals surface area (Å²) in [5, 5.41) is 9.27. The molecule has 1 heterocycles. The molecule has 1 aliphatic rings. The van der Waals surface area contributed by atoms with Gasteiger partial charge in [-0.25, -0.2) is 0 Å². The summed E-state index contributed by atoms with van der Waals surface area (Å²) in [5.74, 6) is 0. The minimum Gasteiger partial charge on any atom is -0.429 e.